The Balaban J connectivity index is 1.20. The first-order chi connectivity index (χ1) is 15.9. The summed E-state index contributed by atoms with van der Waals surface area (Å²) in [5, 5.41) is 20.9. The van der Waals surface area contributed by atoms with Crippen LogP contribution in [0, 0.1) is 11.8 Å². The maximum absolute atomic E-state index is 13.1. The van der Waals surface area contributed by atoms with E-state index in [1.54, 1.807) is 0 Å². The molecule has 1 amide bonds. The fourth-order valence-corrected chi connectivity index (χ4v) is 7.29. The van der Waals surface area contributed by atoms with Crippen LogP contribution in [0.2, 0.25) is 0 Å². The Kier molecular flexibility index (Phi) is 5.03. The number of hydrogen-bond acceptors (Lipinski definition) is 5. The lowest BCUT2D eigenvalue weighted by molar-refractivity contribution is 0.0880. The van der Waals surface area contributed by atoms with Crippen molar-refractivity contribution in [3.63, 3.8) is 0 Å². The van der Waals surface area contributed by atoms with Gasteiger partial charge in [-0.05, 0) is 80.2 Å². The van der Waals surface area contributed by atoms with Crippen LogP contribution in [0.1, 0.15) is 65.0 Å². The molecule has 0 spiro atoms. The van der Waals surface area contributed by atoms with E-state index in [0.717, 1.165) is 63.8 Å². The number of fused-ring (bicyclic) bond motifs is 7. The molecule has 3 N–H and O–H groups in total. The summed E-state index contributed by atoms with van der Waals surface area (Å²) in [6.07, 6.45) is 5.38. The predicted octanol–water partition coefficient (Wildman–Crippen LogP) is 2.62. The van der Waals surface area contributed by atoms with Crippen LogP contribution in [0.4, 0.5) is 0 Å². The number of carbonyl (C=O) groups is 1. The van der Waals surface area contributed by atoms with E-state index in [0.29, 0.717) is 35.9 Å². The van der Waals surface area contributed by atoms with Crippen molar-refractivity contribution in [2.45, 2.75) is 50.4 Å². The summed E-state index contributed by atoms with van der Waals surface area (Å²) in [5.74, 6) is 2.03. The Morgan fingerprint density at radius 1 is 1.27 bits per heavy atom. The smallest absolute Gasteiger partial charge is 0.273 e. The number of nitrogens with zero attached hydrogens (tertiary/aromatic N) is 3. The third-order valence-corrected chi connectivity index (χ3v) is 9.24. The highest BCUT2D eigenvalue weighted by atomic mass is 16.3. The average Bonchev–Trinajstić information content (AvgIpc) is 3.36. The number of piperazine rings is 1. The van der Waals surface area contributed by atoms with Gasteiger partial charge in [-0.15, -0.1) is 0 Å². The maximum atomic E-state index is 13.1. The molecule has 0 radical (unpaired) electrons. The Morgan fingerprint density at radius 3 is 2.91 bits per heavy atom. The van der Waals surface area contributed by atoms with E-state index >= 15 is 0 Å². The summed E-state index contributed by atoms with van der Waals surface area (Å²) in [4.78, 5) is 17.7. The van der Waals surface area contributed by atoms with Gasteiger partial charge < -0.3 is 15.3 Å². The highest BCUT2D eigenvalue weighted by Crippen LogP contribution is 2.60. The first-order valence-corrected chi connectivity index (χ1v) is 12.5. The summed E-state index contributed by atoms with van der Waals surface area (Å²) in [5.41, 5.74) is 5.77. The molecule has 7 nitrogen and oxygen atoms in total. The van der Waals surface area contributed by atoms with Gasteiger partial charge in [-0.2, -0.15) is 5.10 Å². The number of aryl methyl sites for hydroxylation is 1. The molecule has 7 heteroatoms. The molecule has 176 valence electrons. The Bertz CT molecular complexity index is 1070. The van der Waals surface area contributed by atoms with E-state index in [4.69, 9.17) is 0 Å². The van der Waals surface area contributed by atoms with E-state index in [1.165, 1.54) is 16.8 Å². The highest BCUT2D eigenvalue weighted by molar-refractivity contribution is 5.94. The number of nitrogens with one attached hydrogen (secondary N) is 2. The predicted molar refractivity (Wildman–Crippen MR) is 126 cm³/mol. The highest BCUT2D eigenvalue weighted by Gasteiger charge is 2.54. The number of aromatic amines is 1. The molecule has 4 aliphatic rings. The number of benzene rings is 1. The van der Waals surface area contributed by atoms with Gasteiger partial charge in [-0.1, -0.05) is 13.0 Å². The molecule has 2 aromatic rings. The number of aromatic nitrogens is 2. The van der Waals surface area contributed by atoms with Gasteiger partial charge >= 0.3 is 0 Å². The fraction of sp³-hybridized carbons (Fsp3) is 0.615. The van der Waals surface area contributed by atoms with Gasteiger partial charge in [0, 0.05) is 42.9 Å². The zero-order valence-electron chi connectivity index (χ0n) is 19.7. The lowest BCUT2D eigenvalue weighted by Crippen LogP contribution is -2.48. The van der Waals surface area contributed by atoms with Crippen molar-refractivity contribution >= 4 is 5.91 Å². The third-order valence-electron chi connectivity index (χ3n) is 9.24. The minimum Gasteiger partial charge on any atom is -0.508 e. The summed E-state index contributed by atoms with van der Waals surface area (Å²) < 4.78 is 0. The molecule has 1 saturated carbocycles. The molecule has 4 atom stereocenters. The van der Waals surface area contributed by atoms with Gasteiger partial charge in [0.2, 0.25) is 0 Å². The van der Waals surface area contributed by atoms with E-state index in [1.807, 2.05) is 12.1 Å². The Morgan fingerprint density at radius 2 is 2.09 bits per heavy atom. The molecule has 2 fully saturated rings. The topological polar surface area (TPSA) is 84.5 Å². The SMILES string of the molecule is CN1CCN(CNC(=O)c2n[nH]c3c2C[C@H]2[C@@H]4CCc5cc(O)ccc5[C@H]4CC[C@]32C)CC1. The van der Waals surface area contributed by atoms with E-state index < -0.39 is 0 Å². The average molecular weight is 450 g/mol. The standard InChI is InChI=1S/C26H35N5O2/c1-26-8-7-19-18-6-4-17(32)13-16(18)3-5-20(19)22(26)14-21-23(28-29-24(21)26)25(33)27-15-31-11-9-30(2)10-12-31/h4,6,13,19-20,22,32H,3,5,7-12,14-15H2,1-2H3,(H,27,33)(H,28,29)/t19-,20-,22+,26+/m1/s1. The van der Waals surface area contributed by atoms with E-state index in [2.05, 4.69) is 45.4 Å². The van der Waals surface area contributed by atoms with Crippen molar-refractivity contribution in [3.8, 4) is 5.75 Å². The largest absolute Gasteiger partial charge is 0.508 e. The zero-order chi connectivity index (χ0) is 22.7. The van der Waals surface area contributed by atoms with Crippen LogP contribution in [-0.2, 0) is 18.3 Å². The molecule has 1 aromatic heterocycles. The number of carbonyl (C=O) groups excluding carboxylic acids is 1. The van der Waals surface area contributed by atoms with Crippen molar-refractivity contribution in [1.82, 2.24) is 25.3 Å². The number of hydrogen-bond donors (Lipinski definition) is 3. The summed E-state index contributed by atoms with van der Waals surface area (Å²) in [7, 11) is 2.14. The van der Waals surface area contributed by atoms with Crippen LogP contribution in [0.5, 0.6) is 5.75 Å². The first-order valence-electron chi connectivity index (χ1n) is 12.5. The lowest BCUT2D eigenvalue weighted by atomic mass is 9.55. The van der Waals surface area contributed by atoms with Crippen LogP contribution >= 0.6 is 0 Å². The minimum atomic E-state index is -0.0466. The van der Waals surface area contributed by atoms with E-state index in [-0.39, 0.29) is 11.3 Å². The normalized spacial score (nSPS) is 31.4. The second-order valence-corrected chi connectivity index (χ2v) is 11.0. The number of rotatable bonds is 3. The molecular weight excluding hydrogens is 414 g/mol. The number of H-pyrrole nitrogens is 1. The van der Waals surface area contributed by atoms with Crippen molar-refractivity contribution in [3.05, 3.63) is 46.3 Å². The molecule has 6 rings (SSSR count). The minimum absolute atomic E-state index is 0.0466. The number of phenolic OH excluding ortho intramolecular Hbond substituents is 1. The maximum Gasteiger partial charge on any atom is 0.273 e. The molecule has 1 saturated heterocycles. The molecule has 2 heterocycles. The molecule has 0 bridgehead atoms. The Hall–Kier alpha value is -2.38. The molecule has 1 aromatic carbocycles. The number of amides is 1. The van der Waals surface area contributed by atoms with Crippen LogP contribution in [0.15, 0.2) is 18.2 Å². The van der Waals surface area contributed by atoms with Crippen molar-refractivity contribution < 1.29 is 9.90 Å². The van der Waals surface area contributed by atoms with Gasteiger partial charge in [-0.3, -0.25) is 14.8 Å². The molecule has 3 aliphatic carbocycles. The van der Waals surface area contributed by atoms with Crippen LogP contribution in [0.25, 0.3) is 0 Å². The quantitative estimate of drug-likeness (QED) is 0.671. The number of phenols is 1. The van der Waals surface area contributed by atoms with Crippen LogP contribution < -0.4 is 5.32 Å². The monoisotopic (exact) mass is 449 g/mol. The fourth-order valence-electron chi connectivity index (χ4n) is 7.29. The van der Waals surface area contributed by atoms with Crippen LogP contribution in [-0.4, -0.2) is 70.9 Å². The van der Waals surface area contributed by atoms with Crippen molar-refractivity contribution in [1.29, 1.82) is 0 Å². The summed E-state index contributed by atoms with van der Waals surface area (Å²) in [6.45, 7) is 7.02. The third kappa shape index (κ3) is 3.39. The van der Waals surface area contributed by atoms with Gasteiger partial charge in [0.1, 0.15) is 5.75 Å². The summed E-state index contributed by atoms with van der Waals surface area (Å²) >= 11 is 0. The molecule has 0 unspecified atom stereocenters. The summed E-state index contributed by atoms with van der Waals surface area (Å²) in [6, 6.07) is 5.96. The zero-order valence-corrected chi connectivity index (χ0v) is 19.7. The van der Waals surface area contributed by atoms with Gasteiger partial charge in [0.15, 0.2) is 5.69 Å². The second-order valence-electron chi connectivity index (χ2n) is 11.0. The lowest BCUT2D eigenvalue weighted by Gasteiger charge is -2.49. The van der Waals surface area contributed by atoms with E-state index in [9.17, 15) is 9.90 Å². The van der Waals surface area contributed by atoms with Gasteiger partial charge in [0.05, 0.1) is 6.67 Å². The van der Waals surface area contributed by atoms with Crippen molar-refractivity contribution in [2.24, 2.45) is 11.8 Å². The molecule has 1 aliphatic heterocycles. The first kappa shape index (κ1) is 21.2. The van der Waals surface area contributed by atoms with Crippen molar-refractivity contribution in [2.75, 3.05) is 39.9 Å². The van der Waals surface area contributed by atoms with Gasteiger partial charge in [-0.25, -0.2) is 0 Å². The molecule has 33 heavy (non-hydrogen) atoms. The second kappa shape index (κ2) is 7.84. The number of likely N-dealkylation sites (N-methyl/N-ethyl adjacent to an activating group) is 1. The molecular formula is C26H35N5O2. The van der Waals surface area contributed by atoms with Crippen LogP contribution in [0.3, 0.4) is 0 Å². The van der Waals surface area contributed by atoms with Gasteiger partial charge in [0.25, 0.3) is 5.91 Å². The number of aromatic hydroxyl groups is 1. The Labute approximate surface area is 195 Å².